The van der Waals surface area contributed by atoms with Crippen molar-refractivity contribution in [2.24, 2.45) is 16.5 Å². The van der Waals surface area contributed by atoms with Crippen LogP contribution in [0, 0.1) is 0 Å². The standard InChI is InChI=1S/C22H31ClN6O4S.2ClH/c1-4-33-20(30)22(9-5-6-10-22)29(12-11-28(2)3)34(31,32)15-7-8-16-17(13-15)19(27-21(24)25)26-14-18(16)23;;/h7-8,13-14H,4-6,9-12H2,1-3H3,(H4,24,25,26,27);2*1H. The average molecular weight is 584 g/mol. The van der Waals surface area contributed by atoms with Crippen LogP contribution in [0.1, 0.15) is 32.6 Å². The Bertz CT molecular complexity index is 1200. The molecule has 3 rings (SSSR count). The predicted octanol–water partition coefficient (Wildman–Crippen LogP) is 3.06. The van der Waals surface area contributed by atoms with Crippen LogP contribution in [0.3, 0.4) is 0 Å². The van der Waals surface area contributed by atoms with Gasteiger partial charge in [0.2, 0.25) is 10.0 Å². The zero-order chi connectivity index (χ0) is 25.1. The van der Waals surface area contributed by atoms with E-state index in [9.17, 15) is 13.2 Å². The van der Waals surface area contributed by atoms with Crippen molar-refractivity contribution in [3.63, 3.8) is 0 Å². The van der Waals surface area contributed by atoms with Crippen LogP contribution < -0.4 is 11.5 Å². The van der Waals surface area contributed by atoms with E-state index in [1.807, 2.05) is 19.0 Å². The summed E-state index contributed by atoms with van der Waals surface area (Å²) in [6.45, 7) is 2.44. The second-order valence-corrected chi connectivity index (χ2v) is 10.8. The van der Waals surface area contributed by atoms with E-state index in [1.165, 1.54) is 22.6 Å². The minimum atomic E-state index is -4.13. The molecule has 0 bridgehead atoms. The largest absolute Gasteiger partial charge is 0.465 e. The first-order chi connectivity index (χ1) is 16.0. The van der Waals surface area contributed by atoms with Gasteiger partial charge in [-0.2, -0.15) is 9.30 Å². The maximum Gasteiger partial charge on any atom is 0.327 e. The third kappa shape index (κ3) is 6.51. The number of guanidine groups is 1. The van der Waals surface area contributed by atoms with Crippen molar-refractivity contribution in [2.45, 2.75) is 43.0 Å². The van der Waals surface area contributed by atoms with E-state index in [1.54, 1.807) is 13.0 Å². The number of pyridine rings is 1. The molecule has 1 fully saturated rings. The summed E-state index contributed by atoms with van der Waals surface area (Å²) in [5.74, 6) is -0.581. The van der Waals surface area contributed by atoms with Crippen molar-refractivity contribution in [2.75, 3.05) is 33.8 Å². The van der Waals surface area contributed by atoms with E-state index in [-0.39, 0.29) is 54.6 Å². The summed E-state index contributed by atoms with van der Waals surface area (Å²) in [6.07, 6.45) is 3.67. The lowest BCUT2D eigenvalue weighted by molar-refractivity contribution is -0.154. The van der Waals surface area contributed by atoms with Gasteiger partial charge < -0.3 is 21.1 Å². The first kappa shape index (κ1) is 32.1. The van der Waals surface area contributed by atoms with Crippen LogP contribution in [0.2, 0.25) is 5.02 Å². The van der Waals surface area contributed by atoms with Crippen LogP contribution in [0.4, 0.5) is 5.82 Å². The van der Waals surface area contributed by atoms with Gasteiger partial charge in [-0.1, -0.05) is 30.5 Å². The second kappa shape index (κ2) is 13.1. The molecule has 1 saturated carbocycles. The molecule has 0 atom stereocenters. The molecule has 4 N–H and O–H groups in total. The smallest absolute Gasteiger partial charge is 0.327 e. The Kier molecular flexibility index (Phi) is 11.7. The molecule has 0 amide bonds. The highest BCUT2D eigenvalue weighted by molar-refractivity contribution is 7.89. The Morgan fingerprint density at radius 1 is 1.17 bits per heavy atom. The van der Waals surface area contributed by atoms with Gasteiger partial charge in [0.15, 0.2) is 11.8 Å². The Hall–Kier alpha value is -1.89. The Labute approximate surface area is 229 Å². The van der Waals surface area contributed by atoms with Crippen LogP contribution in [-0.4, -0.2) is 73.9 Å². The van der Waals surface area contributed by atoms with Gasteiger partial charge in [0, 0.05) is 30.1 Å². The molecule has 1 heterocycles. The zero-order valence-electron chi connectivity index (χ0n) is 20.4. The van der Waals surface area contributed by atoms with E-state index in [0.29, 0.717) is 35.2 Å². The molecule has 0 unspecified atom stereocenters. The number of fused-ring (bicyclic) bond motifs is 1. The van der Waals surface area contributed by atoms with Crippen molar-refractivity contribution in [3.05, 3.63) is 29.4 Å². The molecule has 1 aromatic heterocycles. The number of rotatable bonds is 9. The minimum Gasteiger partial charge on any atom is -0.465 e. The third-order valence-corrected chi connectivity index (χ3v) is 8.19. The van der Waals surface area contributed by atoms with Gasteiger partial charge in [-0.25, -0.2) is 13.4 Å². The Morgan fingerprint density at radius 3 is 2.36 bits per heavy atom. The van der Waals surface area contributed by atoms with Crippen molar-refractivity contribution < 1.29 is 17.9 Å². The monoisotopic (exact) mass is 582 g/mol. The maximum atomic E-state index is 14.1. The molecule has 0 aliphatic heterocycles. The van der Waals surface area contributed by atoms with E-state index >= 15 is 0 Å². The number of halogens is 3. The number of hydrogen-bond acceptors (Lipinski definition) is 7. The van der Waals surface area contributed by atoms with Crippen LogP contribution in [-0.2, 0) is 19.6 Å². The van der Waals surface area contributed by atoms with E-state index < -0.39 is 21.5 Å². The lowest BCUT2D eigenvalue weighted by atomic mass is 9.97. The SMILES string of the molecule is CCOC(=O)C1(N(CCN(C)C)S(=O)(=O)c2ccc3c(Cl)cnc(N=C(N)N)c3c2)CCCC1.Cl.Cl. The summed E-state index contributed by atoms with van der Waals surface area (Å²) < 4.78 is 34.8. The molecule has 1 aliphatic carbocycles. The molecule has 1 aromatic carbocycles. The highest BCUT2D eigenvalue weighted by Gasteiger charge is 2.52. The fourth-order valence-corrected chi connectivity index (χ4v) is 6.32. The second-order valence-electron chi connectivity index (χ2n) is 8.51. The summed E-state index contributed by atoms with van der Waals surface area (Å²) in [5, 5.41) is 1.26. The Balaban J connectivity index is 0.00000324. The number of carbonyl (C=O) groups is 1. The highest BCUT2D eigenvalue weighted by atomic mass is 35.5. The van der Waals surface area contributed by atoms with Gasteiger partial charge in [0.25, 0.3) is 0 Å². The highest BCUT2D eigenvalue weighted by Crippen LogP contribution is 2.41. The number of sulfonamides is 1. The molecule has 10 nitrogen and oxygen atoms in total. The molecular weight excluding hydrogens is 551 g/mol. The normalized spacial score (nSPS) is 14.8. The molecular formula is C22H33Cl3N6O4S. The van der Waals surface area contributed by atoms with Gasteiger partial charge >= 0.3 is 5.97 Å². The number of aromatic nitrogens is 1. The third-order valence-electron chi connectivity index (χ3n) is 5.93. The molecule has 0 radical (unpaired) electrons. The van der Waals surface area contributed by atoms with Crippen molar-refractivity contribution in [1.82, 2.24) is 14.2 Å². The van der Waals surface area contributed by atoms with Crippen LogP contribution in [0.15, 0.2) is 34.3 Å². The number of nitrogens with two attached hydrogens (primary N) is 2. The minimum absolute atomic E-state index is 0. The van der Waals surface area contributed by atoms with Crippen LogP contribution in [0.5, 0.6) is 0 Å². The lowest BCUT2D eigenvalue weighted by Gasteiger charge is -2.38. The maximum absolute atomic E-state index is 14.1. The number of esters is 1. The molecule has 0 saturated heterocycles. The van der Waals surface area contributed by atoms with E-state index in [4.69, 9.17) is 27.8 Å². The molecule has 1 aliphatic rings. The lowest BCUT2D eigenvalue weighted by Crippen LogP contribution is -2.57. The summed E-state index contributed by atoms with van der Waals surface area (Å²) in [5.41, 5.74) is 9.80. The number of likely N-dealkylation sites (N-methyl/N-ethyl adjacent to an activating group) is 1. The number of ether oxygens (including phenoxy) is 1. The molecule has 36 heavy (non-hydrogen) atoms. The first-order valence-electron chi connectivity index (χ1n) is 11.1. The molecule has 0 spiro atoms. The topological polar surface area (TPSA) is 144 Å². The summed E-state index contributed by atoms with van der Waals surface area (Å²) >= 11 is 6.28. The molecule has 202 valence electrons. The van der Waals surface area contributed by atoms with Crippen molar-refractivity contribution in [3.8, 4) is 0 Å². The number of nitrogens with zero attached hydrogens (tertiary/aromatic N) is 4. The predicted molar refractivity (Wildman–Crippen MR) is 147 cm³/mol. The Morgan fingerprint density at radius 2 is 1.81 bits per heavy atom. The fourth-order valence-electron chi connectivity index (χ4n) is 4.31. The van der Waals surface area contributed by atoms with Gasteiger partial charge in [0.1, 0.15) is 5.54 Å². The summed E-state index contributed by atoms with van der Waals surface area (Å²) in [7, 11) is -0.430. The summed E-state index contributed by atoms with van der Waals surface area (Å²) in [6, 6.07) is 4.51. The number of carbonyl (C=O) groups excluding carboxylic acids is 1. The van der Waals surface area contributed by atoms with Gasteiger partial charge in [-0.15, -0.1) is 24.8 Å². The van der Waals surface area contributed by atoms with Gasteiger partial charge in [0.05, 0.1) is 16.5 Å². The molecule has 14 heteroatoms. The molecule has 2 aromatic rings. The fraction of sp³-hybridized carbons (Fsp3) is 0.500. The van der Waals surface area contributed by atoms with Gasteiger partial charge in [-0.05, 0) is 46.0 Å². The van der Waals surface area contributed by atoms with Crippen LogP contribution in [0.25, 0.3) is 10.8 Å². The van der Waals surface area contributed by atoms with E-state index in [2.05, 4.69) is 9.98 Å². The number of benzene rings is 1. The zero-order valence-corrected chi connectivity index (χ0v) is 23.6. The average Bonchev–Trinajstić information content (AvgIpc) is 3.26. The summed E-state index contributed by atoms with van der Waals surface area (Å²) in [4.78, 5) is 23.2. The number of hydrogen-bond donors (Lipinski definition) is 2. The first-order valence-corrected chi connectivity index (χ1v) is 12.9. The van der Waals surface area contributed by atoms with Crippen LogP contribution >= 0.6 is 36.4 Å². The van der Waals surface area contributed by atoms with E-state index in [0.717, 1.165) is 12.8 Å². The van der Waals surface area contributed by atoms with Crippen molar-refractivity contribution >= 4 is 75.0 Å². The van der Waals surface area contributed by atoms with Crippen molar-refractivity contribution in [1.29, 1.82) is 0 Å². The van der Waals surface area contributed by atoms with Gasteiger partial charge in [-0.3, -0.25) is 4.79 Å². The quantitative estimate of drug-likeness (QED) is 0.260. The number of aliphatic imine (C=N–C) groups is 1.